The first-order chi connectivity index (χ1) is 5.61. The molecule has 0 heterocycles. The minimum atomic E-state index is -0.486. The van der Waals surface area contributed by atoms with Crippen LogP contribution in [-0.2, 0) is 0 Å². The van der Waals surface area contributed by atoms with Gasteiger partial charge in [0.1, 0.15) is 5.82 Å². The molecular weight excluding hydrogens is 175 g/mol. The predicted octanol–water partition coefficient (Wildman–Crippen LogP) is 1.11. The lowest BCUT2D eigenvalue weighted by atomic mass is 10.1. The van der Waals surface area contributed by atoms with Crippen molar-refractivity contribution in [2.75, 3.05) is 0 Å². The van der Waals surface area contributed by atoms with Crippen molar-refractivity contribution in [3.8, 4) is 0 Å². The SMILES string of the molecule is NC(=S)C(N)c1ccc(F)cc1. The third-order valence-corrected chi connectivity index (χ3v) is 1.79. The van der Waals surface area contributed by atoms with Crippen molar-refractivity contribution < 1.29 is 4.39 Å². The van der Waals surface area contributed by atoms with Gasteiger partial charge in [0.15, 0.2) is 0 Å². The van der Waals surface area contributed by atoms with Crippen LogP contribution in [-0.4, -0.2) is 4.99 Å². The number of benzene rings is 1. The van der Waals surface area contributed by atoms with E-state index >= 15 is 0 Å². The summed E-state index contributed by atoms with van der Waals surface area (Å²) in [5.74, 6) is -0.297. The van der Waals surface area contributed by atoms with Crippen LogP contribution in [0.5, 0.6) is 0 Å². The van der Waals surface area contributed by atoms with E-state index in [4.69, 9.17) is 23.7 Å². The van der Waals surface area contributed by atoms with Crippen molar-refractivity contribution >= 4 is 17.2 Å². The van der Waals surface area contributed by atoms with E-state index in [0.29, 0.717) is 0 Å². The van der Waals surface area contributed by atoms with E-state index in [1.807, 2.05) is 0 Å². The molecule has 0 aliphatic rings. The lowest BCUT2D eigenvalue weighted by Gasteiger charge is -2.08. The minimum Gasteiger partial charge on any atom is -0.392 e. The van der Waals surface area contributed by atoms with Gasteiger partial charge in [0.2, 0.25) is 0 Å². The second-order valence-electron chi connectivity index (χ2n) is 2.43. The largest absolute Gasteiger partial charge is 0.392 e. The van der Waals surface area contributed by atoms with Gasteiger partial charge < -0.3 is 11.5 Å². The van der Waals surface area contributed by atoms with Gasteiger partial charge in [-0.15, -0.1) is 0 Å². The Hall–Kier alpha value is -1.00. The van der Waals surface area contributed by atoms with Gasteiger partial charge in [-0.25, -0.2) is 4.39 Å². The Bertz CT molecular complexity index is 284. The van der Waals surface area contributed by atoms with E-state index in [1.165, 1.54) is 12.1 Å². The van der Waals surface area contributed by atoms with Gasteiger partial charge >= 0.3 is 0 Å². The molecular formula is C8H9FN2S. The summed E-state index contributed by atoms with van der Waals surface area (Å²) in [5, 5.41) is 0. The molecule has 12 heavy (non-hydrogen) atoms. The average molecular weight is 184 g/mol. The van der Waals surface area contributed by atoms with Crippen LogP contribution < -0.4 is 11.5 Å². The molecule has 0 amide bonds. The van der Waals surface area contributed by atoms with Crippen LogP contribution in [0.3, 0.4) is 0 Å². The Morgan fingerprint density at radius 2 is 1.83 bits per heavy atom. The molecule has 1 unspecified atom stereocenters. The molecule has 0 bridgehead atoms. The summed E-state index contributed by atoms with van der Waals surface area (Å²) >= 11 is 4.69. The van der Waals surface area contributed by atoms with Crippen molar-refractivity contribution in [1.82, 2.24) is 0 Å². The number of thiocarbonyl (C=S) groups is 1. The first kappa shape index (κ1) is 9.09. The van der Waals surface area contributed by atoms with E-state index in [0.717, 1.165) is 5.56 Å². The Kier molecular flexibility index (Phi) is 2.73. The van der Waals surface area contributed by atoms with Crippen molar-refractivity contribution in [3.63, 3.8) is 0 Å². The van der Waals surface area contributed by atoms with Crippen LogP contribution in [0.4, 0.5) is 4.39 Å². The van der Waals surface area contributed by atoms with Crippen LogP contribution in [0.25, 0.3) is 0 Å². The van der Waals surface area contributed by atoms with Gasteiger partial charge in [0.05, 0.1) is 11.0 Å². The first-order valence-corrected chi connectivity index (χ1v) is 3.82. The van der Waals surface area contributed by atoms with E-state index in [1.54, 1.807) is 12.1 Å². The fraction of sp³-hybridized carbons (Fsp3) is 0.125. The zero-order chi connectivity index (χ0) is 9.14. The number of hydrogen-bond donors (Lipinski definition) is 2. The van der Waals surface area contributed by atoms with E-state index < -0.39 is 6.04 Å². The molecule has 4 heteroatoms. The smallest absolute Gasteiger partial charge is 0.123 e. The number of hydrogen-bond acceptors (Lipinski definition) is 2. The van der Waals surface area contributed by atoms with Gasteiger partial charge in [-0.05, 0) is 17.7 Å². The summed E-state index contributed by atoms with van der Waals surface area (Å²) in [5.41, 5.74) is 11.6. The zero-order valence-corrected chi connectivity index (χ0v) is 7.14. The summed E-state index contributed by atoms with van der Waals surface area (Å²) in [6.07, 6.45) is 0. The Morgan fingerprint density at radius 3 is 2.25 bits per heavy atom. The van der Waals surface area contributed by atoms with Gasteiger partial charge in [0.25, 0.3) is 0 Å². The molecule has 0 saturated heterocycles. The predicted molar refractivity (Wildman–Crippen MR) is 50.1 cm³/mol. The number of rotatable bonds is 2. The van der Waals surface area contributed by atoms with Crippen molar-refractivity contribution in [2.24, 2.45) is 11.5 Å². The highest BCUT2D eigenvalue weighted by atomic mass is 32.1. The Labute approximate surface area is 75.4 Å². The van der Waals surface area contributed by atoms with Crippen molar-refractivity contribution in [3.05, 3.63) is 35.6 Å². The molecule has 1 aromatic rings. The number of nitrogens with two attached hydrogens (primary N) is 2. The average Bonchev–Trinajstić information content (AvgIpc) is 2.04. The Morgan fingerprint density at radius 1 is 1.33 bits per heavy atom. The van der Waals surface area contributed by atoms with Crippen molar-refractivity contribution in [2.45, 2.75) is 6.04 Å². The van der Waals surface area contributed by atoms with Crippen molar-refractivity contribution in [1.29, 1.82) is 0 Å². The maximum Gasteiger partial charge on any atom is 0.123 e. The molecule has 1 atom stereocenters. The molecule has 0 aliphatic carbocycles. The topological polar surface area (TPSA) is 52.0 Å². The normalized spacial score (nSPS) is 12.5. The van der Waals surface area contributed by atoms with Crippen LogP contribution in [0, 0.1) is 5.82 Å². The van der Waals surface area contributed by atoms with Gasteiger partial charge in [-0.2, -0.15) is 0 Å². The minimum absolute atomic E-state index is 0.210. The maximum absolute atomic E-state index is 12.4. The lowest BCUT2D eigenvalue weighted by molar-refractivity contribution is 0.626. The summed E-state index contributed by atoms with van der Waals surface area (Å²) < 4.78 is 12.4. The molecule has 0 saturated carbocycles. The fourth-order valence-corrected chi connectivity index (χ4v) is 0.970. The van der Waals surface area contributed by atoms with Crippen LogP contribution in [0.2, 0.25) is 0 Å². The molecule has 0 aliphatic heterocycles. The van der Waals surface area contributed by atoms with E-state index in [2.05, 4.69) is 0 Å². The third kappa shape index (κ3) is 1.99. The molecule has 64 valence electrons. The molecule has 0 fully saturated rings. The zero-order valence-electron chi connectivity index (χ0n) is 6.33. The molecule has 0 aromatic heterocycles. The first-order valence-electron chi connectivity index (χ1n) is 3.41. The standard InChI is InChI=1S/C8H9FN2S/c9-6-3-1-5(2-4-6)7(10)8(11)12/h1-4,7H,10H2,(H2,11,12). The van der Waals surface area contributed by atoms with Gasteiger partial charge in [0, 0.05) is 0 Å². The molecule has 1 rings (SSSR count). The monoisotopic (exact) mass is 184 g/mol. The highest BCUT2D eigenvalue weighted by Gasteiger charge is 2.07. The van der Waals surface area contributed by atoms with Gasteiger partial charge in [-0.1, -0.05) is 24.4 Å². The second-order valence-corrected chi connectivity index (χ2v) is 2.90. The molecule has 0 spiro atoms. The van der Waals surface area contributed by atoms with E-state index in [9.17, 15) is 4.39 Å². The number of halogens is 1. The highest BCUT2D eigenvalue weighted by Crippen LogP contribution is 2.10. The quantitative estimate of drug-likeness (QED) is 0.677. The summed E-state index contributed by atoms with van der Waals surface area (Å²) in [7, 11) is 0. The molecule has 1 aromatic carbocycles. The fourth-order valence-electron chi connectivity index (χ4n) is 0.834. The molecule has 2 nitrogen and oxygen atoms in total. The highest BCUT2D eigenvalue weighted by molar-refractivity contribution is 7.80. The van der Waals surface area contributed by atoms with Crippen LogP contribution in [0.1, 0.15) is 11.6 Å². The summed E-state index contributed by atoms with van der Waals surface area (Å²) in [4.78, 5) is 0.210. The van der Waals surface area contributed by atoms with Crippen LogP contribution >= 0.6 is 12.2 Å². The Balaban J connectivity index is 2.89. The maximum atomic E-state index is 12.4. The molecule has 4 N–H and O–H groups in total. The third-order valence-electron chi connectivity index (χ3n) is 1.54. The lowest BCUT2D eigenvalue weighted by Crippen LogP contribution is -2.26. The van der Waals surface area contributed by atoms with Crippen LogP contribution in [0.15, 0.2) is 24.3 Å². The summed E-state index contributed by atoms with van der Waals surface area (Å²) in [6, 6.07) is 5.31. The van der Waals surface area contributed by atoms with Gasteiger partial charge in [-0.3, -0.25) is 0 Å². The summed E-state index contributed by atoms with van der Waals surface area (Å²) in [6.45, 7) is 0. The second kappa shape index (κ2) is 3.60. The molecule has 0 radical (unpaired) electrons. The van der Waals surface area contributed by atoms with E-state index in [-0.39, 0.29) is 10.8 Å².